The van der Waals surface area contributed by atoms with Crippen LogP contribution in [0.3, 0.4) is 0 Å². The number of nitrogens with zero attached hydrogens (tertiary/aromatic N) is 1. The lowest BCUT2D eigenvalue weighted by Crippen LogP contribution is -2.51. The number of rotatable bonds is 0. The topological polar surface area (TPSA) is 15.3 Å². The van der Waals surface area contributed by atoms with Gasteiger partial charge in [0.05, 0.1) is 0 Å². The van der Waals surface area contributed by atoms with E-state index in [4.69, 9.17) is 0 Å². The standard InChI is InChI=1S/C13H18N2/c1-2-7-13-11(4-1)5-3-6-12-10-14-8-9-15(12)13/h1-2,4,7,12,14H,3,5-6,8-10H2. The second-order valence-electron chi connectivity index (χ2n) is 4.57. The Bertz CT molecular complexity index is 348. The normalized spacial score (nSPS) is 25.3. The molecule has 1 atom stereocenters. The molecule has 3 rings (SSSR count). The summed E-state index contributed by atoms with van der Waals surface area (Å²) in [6, 6.07) is 9.64. The van der Waals surface area contributed by atoms with Gasteiger partial charge >= 0.3 is 0 Å². The van der Waals surface area contributed by atoms with Crippen molar-refractivity contribution < 1.29 is 0 Å². The van der Waals surface area contributed by atoms with Crippen molar-refractivity contribution in [3.05, 3.63) is 29.8 Å². The van der Waals surface area contributed by atoms with Crippen LogP contribution in [0.1, 0.15) is 18.4 Å². The van der Waals surface area contributed by atoms with E-state index in [2.05, 4.69) is 34.5 Å². The molecule has 0 aliphatic carbocycles. The van der Waals surface area contributed by atoms with Crippen molar-refractivity contribution in [2.45, 2.75) is 25.3 Å². The second-order valence-corrected chi connectivity index (χ2v) is 4.57. The Hall–Kier alpha value is -1.02. The van der Waals surface area contributed by atoms with Gasteiger partial charge in [0.2, 0.25) is 0 Å². The molecule has 2 aliphatic heterocycles. The number of hydrogen-bond acceptors (Lipinski definition) is 2. The van der Waals surface area contributed by atoms with Gasteiger partial charge in [-0.2, -0.15) is 0 Å². The average molecular weight is 202 g/mol. The molecule has 1 N–H and O–H groups in total. The first kappa shape index (κ1) is 9.22. The van der Waals surface area contributed by atoms with Gasteiger partial charge in [-0.25, -0.2) is 0 Å². The van der Waals surface area contributed by atoms with E-state index in [1.54, 1.807) is 5.56 Å². The highest BCUT2D eigenvalue weighted by Crippen LogP contribution is 2.29. The molecule has 1 fully saturated rings. The van der Waals surface area contributed by atoms with Crippen LogP contribution in [0.25, 0.3) is 0 Å². The summed E-state index contributed by atoms with van der Waals surface area (Å²) in [6.07, 6.45) is 3.92. The van der Waals surface area contributed by atoms with E-state index in [0.29, 0.717) is 0 Å². The lowest BCUT2D eigenvalue weighted by molar-refractivity contribution is 0.454. The van der Waals surface area contributed by atoms with E-state index in [0.717, 1.165) is 19.1 Å². The molecule has 0 saturated carbocycles. The molecule has 2 heterocycles. The maximum Gasteiger partial charge on any atom is 0.0415 e. The minimum Gasteiger partial charge on any atom is -0.366 e. The molecule has 0 amide bonds. The van der Waals surface area contributed by atoms with E-state index >= 15 is 0 Å². The number of fused-ring (bicyclic) bond motifs is 3. The fraction of sp³-hybridized carbons (Fsp3) is 0.538. The second kappa shape index (κ2) is 3.86. The fourth-order valence-corrected chi connectivity index (χ4v) is 2.87. The highest BCUT2D eigenvalue weighted by Gasteiger charge is 2.25. The number of piperazine rings is 1. The monoisotopic (exact) mass is 202 g/mol. The van der Waals surface area contributed by atoms with Crippen LogP contribution in [0, 0.1) is 0 Å². The summed E-state index contributed by atoms with van der Waals surface area (Å²) < 4.78 is 0. The van der Waals surface area contributed by atoms with Gasteiger partial charge in [-0.1, -0.05) is 18.2 Å². The quantitative estimate of drug-likeness (QED) is 0.690. The summed E-state index contributed by atoms with van der Waals surface area (Å²) in [5.74, 6) is 0. The van der Waals surface area contributed by atoms with Crippen LogP contribution in [0.2, 0.25) is 0 Å². The Balaban J connectivity index is 1.99. The molecule has 2 aliphatic rings. The molecule has 2 heteroatoms. The Labute approximate surface area is 91.3 Å². The van der Waals surface area contributed by atoms with Gasteiger partial charge in [-0.3, -0.25) is 0 Å². The highest BCUT2D eigenvalue weighted by atomic mass is 15.2. The third kappa shape index (κ3) is 1.63. The molecule has 1 unspecified atom stereocenters. The Morgan fingerprint density at radius 3 is 3.20 bits per heavy atom. The summed E-state index contributed by atoms with van der Waals surface area (Å²) in [6.45, 7) is 3.46. The van der Waals surface area contributed by atoms with E-state index in [9.17, 15) is 0 Å². The van der Waals surface area contributed by atoms with Crippen molar-refractivity contribution in [1.82, 2.24) is 5.32 Å². The van der Waals surface area contributed by atoms with E-state index in [-0.39, 0.29) is 0 Å². The van der Waals surface area contributed by atoms with Crippen molar-refractivity contribution in [2.75, 3.05) is 24.5 Å². The predicted octanol–water partition coefficient (Wildman–Crippen LogP) is 1.80. The molecule has 2 nitrogen and oxygen atoms in total. The molecule has 1 aromatic carbocycles. The third-order valence-electron chi connectivity index (χ3n) is 3.63. The Kier molecular flexibility index (Phi) is 2.37. The predicted molar refractivity (Wildman–Crippen MR) is 63.4 cm³/mol. The summed E-state index contributed by atoms with van der Waals surface area (Å²) >= 11 is 0. The molecular weight excluding hydrogens is 184 g/mol. The SMILES string of the molecule is c1ccc2c(c1)CCCC1CNCCN21. The van der Waals surface area contributed by atoms with Crippen LogP contribution in [-0.4, -0.2) is 25.7 Å². The number of hydrogen-bond donors (Lipinski definition) is 1. The van der Waals surface area contributed by atoms with Crippen LogP contribution >= 0.6 is 0 Å². The van der Waals surface area contributed by atoms with Crippen LogP contribution in [0.15, 0.2) is 24.3 Å². The van der Waals surface area contributed by atoms with Gasteiger partial charge in [0.1, 0.15) is 0 Å². The van der Waals surface area contributed by atoms with Crippen molar-refractivity contribution in [3.63, 3.8) is 0 Å². The lowest BCUT2D eigenvalue weighted by Gasteiger charge is -2.37. The number of anilines is 1. The number of aryl methyl sites for hydroxylation is 1. The largest absolute Gasteiger partial charge is 0.366 e. The molecule has 0 aromatic heterocycles. The van der Waals surface area contributed by atoms with E-state index < -0.39 is 0 Å². The number of benzene rings is 1. The van der Waals surface area contributed by atoms with Gasteiger partial charge in [0, 0.05) is 31.4 Å². The summed E-state index contributed by atoms with van der Waals surface area (Å²) in [5, 5.41) is 3.50. The smallest absolute Gasteiger partial charge is 0.0415 e. The number of para-hydroxylation sites is 1. The van der Waals surface area contributed by atoms with Gasteiger partial charge < -0.3 is 10.2 Å². The maximum atomic E-state index is 3.50. The zero-order chi connectivity index (χ0) is 10.1. The van der Waals surface area contributed by atoms with Crippen LogP contribution in [0.4, 0.5) is 5.69 Å². The van der Waals surface area contributed by atoms with E-state index in [1.165, 1.54) is 31.5 Å². The minimum absolute atomic E-state index is 0.724. The molecular formula is C13H18N2. The maximum absolute atomic E-state index is 3.50. The molecule has 1 saturated heterocycles. The summed E-state index contributed by atoms with van der Waals surface area (Å²) in [7, 11) is 0. The first-order chi connectivity index (χ1) is 7.45. The van der Waals surface area contributed by atoms with Crippen molar-refractivity contribution in [3.8, 4) is 0 Å². The molecule has 80 valence electrons. The Morgan fingerprint density at radius 1 is 1.27 bits per heavy atom. The van der Waals surface area contributed by atoms with Crippen LogP contribution in [0.5, 0.6) is 0 Å². The summed E-state index contributed by atoms with van der Waals surface area (Å²) in [5.41, 5.74) is 3.03. The summed E-state index contributed by atoms with van der Waals surface area (Å²) in [4.78, 5) is 2.61. The van der Waals surface area contributed by atoms with Gasteiger partial charge in [0.25, 0.3) is 0 Å². The van der Waals surface area contributed by atoms with Gasteiger partial charge in [-0.05, 0) is 30.9 Å². The fourth-order valence-electron chi connectivity index (χ4n) is 2.87. The zero-order valence-electron chi connectivity index (χ0n) is 9.08. The van der Waals surface area contributed by atoms with E-state index in [1.807, 2.05) is 0 Å². The van der Waals surface area contributed by atoms with Crippen LogP contribution in [-0.2, 0) is 6.42 Å². The first-order valence-electron chi connectivity index (χ1n) is 6.00. The van der Waals surface area contributed by atoms with Crippen LogP contribution < -0.4 is 10.2 Å². The first-order valence-corrected chi connectivity index (χ1v) is 6.00. The van der Waals surface area contributed by atoms with Crippen molar-refractivity contribution >= 4 is 5.69 Å². The molecule has 15 heavy (non-hydrogen) atoms. The highest BCUT2D eigenvalue weighted by molar-refractivity contribution is 5.55. The van der Waals surface area contributed by atoms with Gasteiger partial charge in [0.15, 0.2) is 0 Å². The molecule has 0 spiro atoms. The average Bonchev–Trinajstić information content (AvgIpc) is 2.48. The number of nitrogens with one attached hydrogen (secondary N) is 1. The molecule has 1 aromatic rings. The molecule has 0 radical (unpaired) electrons. The van der Waals surface area contributed by atoms with Crippen molar-refractivity contribution in [2.24, 2.45) is 0 Å². The zero-order valence-corrected chi connectivity index (χ0v) is 9.08. The Morgan fingerprint density at radius 2 is 2.20 bits per heavy atom. The minimum atomic E-state index is 0.724. The van der Waals surface area contributed by atoms with Crippen molar-refractivity contribution in [1.29, 1.82) is 0 Å². The molecule has 0 bridgehead atoms. The van der Waals surface area contributed by atoms with Gasteiger partial charge in [-0.15, -0.1) is 0 Å². The third-order valence-corrected chi connectivity index (χ3v) is 3.63. The lowest BCUT2D eigenvalue weighted by atomic mass is 10.1.